The highest BCUT2D eigenvalue weighted by atomic mass is 16.5. The van der Waals surface area contributed by atoms with E-state index in [-0.39, 0.29) is 18.2 Å². The molecule has 0 aromatic heterocycles. The van der Waals surface area contributed by atoms with E-state index < -0.39 is 12.0 Å². The van der Waals surface area contributed by atoms with Crippen LogP contribution in [0.4, 0.5) is 0 Å². The largest absolute Gasteiger partial charge is 0.491 e. The number of aliphatic hydroxyl groups is 1. The monoisotopic (exact) mass is 475 g/mol. The topological polar surface area (TPSA) is 87.8 Å². The molecular weight excluding hydrogens is 438 g/mol. The summed E-state index contributed by atoms with van der Waals surface area (Å²) in [5.74, 6) is 0.152. The fourth-order valence-corrected chi connectivity index (χ4v) is 4.35. The van der Waals surface area contributed by atoms with Crippen molar-refractivity contribution in [3.63, 3.8) is 0 Å². The Hall–Kier alpha value is -3.19. The normalized spacial score (nSPS) is 12.7. The van der Waals surface area contributed by atoms with E-state index in [4.69, 9.17) is 10.5 Å². The Kier molecular flexibility index (Phi) is 9.04. The fourth-order valence-electron chi connectivity index (χ4n) is 4.35. The lowest BCUT2D eigenvalue weighted by Gasteiger charge is -2.37. The molecule has 0 aliphatic rings. The number of carbonyl (C=O) groups is 1. The lowest BCUT2D eigenvalue weighted by atomic mass is 9.95. The third-order valence-corrected chi connectivity index (χ3v) is 6.02. The number of aryl methyl sites for hydroxylation is 1. The molecule has 0 heterocycles. The summed E-state index contributed by atoms with van der Waals surface area (Å²) < 4.78 is 5.78. The first-order chi connectivity index (χ1) is 16.7. The quantitative estimate of drug-likeness (QED) is 0.370. The smallest absolute Gasteiger partial charge is 0.248 e. The number of nitrogens with two attached hydrogens (primary N) is 1. The van der Waals surface area contributed by atoms with E-state index in [2.05, 4.69) is 79.6 Å². The number of amides is 1. The van der Waals surface area contributed by atoms with Gasteiger partial charge in [0.25, 0.3) is 0 Å². The van der Waals surface area contributed by atoms with Gasteiger partial charge in [0.2, 0.25) is 5.91 Å². The van der Waals surface area contributed by atoms with Crippen LogP contribution in [0.1, 0.15) is 46.9 Å². The second kappa shape index (κ2) is 12.0. The first-order valence-electron chi connectivity index (χ1n) is 11.9. The summed E-state index contributed by atoms with van der Waals surface area (Å²) in [4.78, 5) is 13.7. The van der Waals surface area contributed by atoms with E-state index in [0.29, 0.717) is 17.9 Å². The van der Waals surface area contributed by atoms with Gasteiger partial charge in [0.15, 0.2) is 0 Å². The lowest BCUT2D eigenvalue weighted by molar-refractivity contribution is 0.0932. The second-order valence-corrected chi connectivity index (χ2v) is 9.71. The number of β-amino-alcohol motifs (C(OH)–C–C–N with tert-alkyl or cyclic N) is 1. The Balaban J connectivity index is 1.57. The maximum Gasteiger partial charge on any atom is 0.248 e. The maximum atomic E-state index is 11.3. The van der Waals surface area contributed by atoms with Gasteiger partial charge in [-0.2, -0.15) is 0 Å². The third kappa shape index (κ3) is 7.65. The summed E-state index contributed by atoms with van der Waals surface area (Å²) in [5.41, 5.74) is 8.79. The van der Waals surface area contributed by atoms with E-state index in [1.807, 2.05) is 19.1 Å². The van der Waals surface area contributed by atoms with Crippen LogP contribution in [0.5, 0.6) is 5.75 Å². The van der Waals surface area contributed by atoms with E-state index in [9.17, 15) is 9.90 Å². The number of hydrogen-bond donors (Lipinski definition) is 3. The van der Waals surface area contributed by atoms with Gasteiger partial charge in [-0.15, -0.1) is 0 Å². The molecule has 1 amide bonds. The standard InChI is InChI=1S/C29H37N3O3/c1-21-17-24(28(30)34)15-16-26(21)35-19-25(33)18-31-29(2,3)20-32(4)27(22-11-7-5-8-12-22)23-13-9-6-10-14-23/h5-17,25,27,31,33H,18-20H2,1-4H3,(H2,30,34). The first-order valence-corrected chi connectivity index (χ1v) is 11.9. The van der Waals surface area contributed by atoms with Crippen molar-refractivity contribution in [2.75, 3.05) is 26.7 Å². The van der Waals surface area contributed by atoms with E-state index in [1.165, 1.54) is 11.1 Å². The van der Waals surface area contributed by atoms with Gasteiger partial charge >= 0.3 is 0 Å². The molecule has 186 valence electrons. The molecule has 6 heteroatoms. The van der Waals surface area contributed by atoms with Gasteiger partial charge in [-0.05, 0) is 62.7 Å². The molecule has 35 heavy (non-hydrogen) atoms. The van der Waals surface area contributed by atoms with Crippen LogP contribution in [0.3, 0.4) is 0 Å². The van der Waals surface area contributed by atoms with Crippen molar-refractivity contribution in [2.45, 2.75) is 38.5 Å². The van der Waals surface area contributed by atoms with Gasteiger partial charge in [0.1, 0.15) is 18.5 Å². The number of benzene rings is 3. The minimum atomic E-state index is -0.686. The van der Waals surface area contributed by atoms with Gasteiger partial charge < -0.3 is 20.9 Å². The average molecular weight is 476 g/mol. The molecule has 0 spiro atoms. The fraction of sp³-hybridized carbons (Fsp3) is 0.345. The molecule has 3 rings (SSSR count). The highest BCUT2D eigenvalue weighted by Crippen LogP contribution is 2.28. The van der Waals surface area contributed by atoms with Crippen molar-refractivity contribution in [3.8, 4) is 5.75 Å². The molecule has 3 aromatic carbocycles. The van der Waals surface area contributed by atoms with Crippen LogP contribution in [0.25, 0.3) is 0 Å². The Morgan fingerprint density at radius 2 is 1.60 bits per heavy atom. The van der Waals surface area contributed by atoms with Crippen molar-refractivity contribution in [1.82, 2.24) is 10.2 Å². The Labute approximate surface area is 208 Å². The lowest BCUT2D eigenvalue weighted by Crippen LogP contribution is -2.51. The molecule has 0 saturated heterocycles. The molecule has 6 nitrogen and oxygen atoms in total. The van der Waals surface area contributed by atoms with Crippen molar-refractivity contribution in [2.24, 2.45) is 5.73 Å². The molecule has 0 aliphatic carbocycles. The first kappa shape index (κ1) is 26.4. The number of carbonyl (C=O) groups excluding carboxylic acids is 1. The third-order valence-electron chi connectivity index (χ3n) is 6.02. The van der Waals surface area contributed by atoms with Crippen LogP contribution in [-0.2, 0) is 0 Å². The van der Waals surface area contributed by atoms with Crippen molar-refractivity contribution < 1.29 is 14.6 Å². The number of primary amides is 1. The molecule has 0 bridgehead atoms. The Bertz CT molecular complexity index is 1050. The number of nitrogens with one attached hydrogen (secondary N) is 1. The highest BCUT2D eigenvalue weighted by molar-refractivity contribution is 5.93. The molecule has 0 aliphatic heterocycles. The van der Waals surface area contributed by atoms with Gasteiger partial charge in [0, 0.05) is 24.2 Å². The van der Waals surface area contributed by atoms with Gasteiger partial charge in [-0.25, -0.2) is 0 Å². The number of nitrogens with zero attached hydrogens (tertiary/aromatic N) is 1. The molecule has 0 saturated carbocycles. The Morgan fingerprint density at radius 3 is 2.11 bits per heavy atom. The number of aliphatic hydroxyl groups excluding tert-OH is 1. The minimum absolute atomic E-state index is 0.123. The SMILES string of the molecule is Cc1cc(C(N)=O)ccc1OCC(O)CNC(C)(C)CN(C)C(c1ccccc1)c1ccccc1. The van der Waals surface area contributed by atoms with E-state index in [1.54, 1.807) is 18.2 Å². The van der Waals surface area contributed by atoms with Gasteiger partial charge in [-0.1, -0.05) is 60.7 Å². The summed E-state index contributed by atoms with van der Waals surface area (Å²) in [6.45, 7) is 7.42. The van der Waals surface area contributed by atoms with Crippen LogP contribution in [0.15, 0.2) is 78.9 Å². The van der Waals surface area contributed by atoms with Crippen molar-refractivity contribution >= 4 is 5.91 Å². The van der Waals surface area contributed by atoms with E-state index in [0.717, 1.165) is 12.1 Å². The van der Waals surface area contributed by atoms with Crippen LogP contribution in [0.2, 0.25) is 0 Å². The number of ether oxygens (including phenoxy) is 1. The maximum absolute atomic E-state index is 11.3. The molecule has 4 N–H and O–H groups in total. The van der Waals surface area contributed by atoms with Gasteiger partial charge in [0.05, 0.1) is 6.04 Å². The zero-order valence-corrected chi connectivity index (χ0v) is 21.1. The summed E-state index contributed by atoms with van der Waals surface area (Å²) in [7, 11) is 2.13. The van der Waals surface area contributed by atoms with E-state index >= 15 is 0 Å². The van der Waals surface area contributed by atoms with Gasteiger partial charge in [-0.3, -0.25) is 9.69 Å². The van der Waals surface area contributed by atoms with Crippen LogP contribution < -0.4 is 15.8 Å². The van der Waals surface area contributed by atoms with Crippen LogP contribution >= 0.6 is 0 Å². The average Bonchev–Trinajstić information content (AvgIpc) is 2.83. The molecule has 1 atom stereocenters. The molecule has 0 radical (unpaired) electrons. The summed E-state index contributed by atoms with van der Waals surface area (Å²) in [5, 5.41) is 14.0. The summed E-state index contributed by atoms with van der Waals surface area (Å²) in [6.07, 6.45) is -0.686. The Morgan fingerprint density at radius 1 is 1.03 bits per heavy atom. The minimum Gasteiger partial charge on any atom is -0.491 e. The van der Waals surface area contributed by atoms with Crippen LogP contribution in [0, 0.1) is 6.92 Å². The van der Waals surface area contributed by atoms with Crippen LogP contribution in [-0.4, -0.2) is 54.3 Å². The zero-order valence-electron chi connectivity index (χ0n) is 21.1. The highest BCUT2D eigenvalue weighted by Gasteiger charge is 2.26. The van der Waals surface area contributed by atoms with Crippen molar-refractivity contribution in [3.05, 3.63) is 101 Å². The predicted molar refractivity (Wildman–Crippen MR) is 141 cm³/mol. The summed E-state index contributed by atoms with van der Waals surface area (Å²) in [6, 6.07) is 26.2. The molecule has 1 unspecified atom stereocenters. The predicted octanol–water partition coefficient (Wildman–Crippen LogP) is 3.92. The molecule has 3 aromatic rings. The summed E-state index contributed by atoms with van der Waals surface area (Å²) >= 11 is 0. The number of rotatable bonds is 12. The number of hydrogen-bond acceptors (Lipinski definition) is 5. The number of likely N-dealkylation sites (N-methyl/N-ethyl adjacent to an activating group) is 1. The molecular formula is C29H37N3O3. The second-order valence-electron chi connectivity index (χ2n) is 9.71. The zero-order chi connectivity index (χ0) is 25.4. The van der Waals surface area contributed by atoms with Crippen molar-refractivity contribution in [1.29, 1.82) is 0 Å². The molecule has 0 fully saturated rings.